The highest BCUT2D eigenvalue weighted by atomic mass is 35.5. The first-order valence-corrected chi connectivity index (χ1v) is 9.29. The minimum atomic E-state index is -0.534. The molecule has 9 heteroatoms. The lowest BCUT2D eigenvalue weighted by atomic mass is 10.1. The van der Waals surface area contributed by atoms with E-state index in [0.29, 0.717) is 52.4 Å². The van der Waals surface area contributed by atoms with Crippen LogP contribution in [0.3, 0.4) is 0 Å². The summed E-state index contributed by atoms with van der Waals surface area (Å²) in [5, 5.41) is 0. The predicted octanol–water partition coefficient (Wildman–Crippen LogP) is 0.403. The normalized spacial score (nSPS) is 18.6. The molecule has 0 bridgehead atoms. The molecule has 1 unspecified atom stereocenters. The third kappa shape index (κ3) is 6.90. The topological polar surface area (TPSA) is 79.1 Å². The summed E-state index contributed by atoms with van der Waals surface area (Å²) in [5.74, 6) is 0.0988. The molecule has 3 rings (SSSR count). The number of carbonyl (C=O) groups is 2. The number of ether oxygens (including phenoxy) is 1. The summed E-state index contributed by atoms with van der Waals surface area (Å²) in [6, 6.07) is 9.28. The van der Waals surface area contributed by atoms with Crippen molar-refractivity contribution in [1.82, 2.24) is 14.7 Å². The minimum absolute atomic E-state index is 0. The van der Waals surface area contributed by atoms with Crippen molar-refractivity contribution in [2.45, 2.75) is 12.5 Å². The molecule has 0 aliphatic carbocycles. The number of carbonyl (C=O) groups excluding carboxylic acids is 2. The van der Waals surface area contributed by atoms with Gasteiger partial charge in [0.2, 0.25) is 11.8 Å². The van der Waals surface area contributed by atoms with Crippen LogP contribution < -0.4 is 5.73 Å². The van der Waals surface area contributed by atoms with Crippen LogP contribution in [-0.4, -0.2) is 91.6 Å². The van der Waals surface area contributed by atoms with Gasteiger partial charge in [0.15, 0.2) is 0 Å². The Balaban J connectivity index is 0.00000196. The lowest BCUT2D eigenvalue weighted by molar-refractivity contribution is -0.141. The molecule has 2 heterocycles. The maximum Gasteiger partial charge on any atom is 0.239 e. The molecule has 2 fully saturated rings. The predicted molar refractivity (Wildman–Crippen MR) is 113 cm³/mol. The Kier molecular flexibility index (Phi) is 10.8. The molecule has 0 radical (unpaired) electrons. The number of benzene rings is 1. The van der Waals surface area contributed by atoms with Crippen LogP contribution in [0.15, 0.2) is 30.3 Å². The zero-order valence-electron chi connectivity index (χ0n) is 16.0. The minimum Gasteiger partial charge on any atom is -0.379 e. The average molecular weight is 433 g/mol. The second-order valence-corrected chi connectivity index (χ2v) is 6.89. The van der Waals surface area contributed by atoms with Crippen molar-refractivity contribution < 1.29 is 14.3 Å². The molecule has 2 saturated heterocycles. The Morgan fingerprint density at radius 2 is 1.50 bits per heavy atom. The Labute approximate surface area is 179 Å². The Morgan fingerprint density at radius 1 is 0.929 bits per heavy atom. The summed E-state index contributed by atoms with van der Waals surface area (Å²) >= 11 is 0. The molecule has 0 aromatic heterocycles. The molecular weight excluding hydrogens is 403 g/mol. The molecule has 1 aromatic rings. The molecular formula is C19H30Cl2N4O3. The van der Waals surface area contributed by atoms with Crippen LogP contribution >= 0.6 is 24.8 Å². The molecule has 0 spiro atoms. The largest absolute Gasteiger partial charge is 0.379 e. The number of morpholine rings is 1. The molecule has 1 aromatic carbocycles. The Bertz CT molecular complexity index is 606. The van der Waals surface area contributed by atoms with Crippen LogP contribution in [0.4, 0.5) is 0 Å². The standard InChI is InChI=1S/C19H28N4O3.2ClH/c20-17(14-16-4-2-1-3-5-16)19(25)23-8-6-22(7-9-23)18(24)15-21-10-12-26-13-11-21;;/h1-5,17H,6-15,20H2;2*1H. The van der Waals surface area contributed by atoms with E-state index in [1.165, 1.54) is 0 Å². The van der Waals surface area contributed by atoms with E-state index in [9.17, 15) is 9.59 Å². The van der Waals surface area contributed by atoms with Gasteiger partial charge >= 0.3 is 0 Å². The summed E-state index contributed by atoms with van der Waals surface area (Å²) in [4.78, 5) is 30.8. The monoisotopic (exact) mass is 432 g/mol. The lowest BCUT2D eigenvalue weighted by Gasteiger charge is -2.37. The second-order valence-electron chi connectivity index (χ2n) is 6.89. The van der Waals surface area contributed by atoms with Gasteiger partial charge in [-0.2, -0.15) is 0 Å². The third-order valence-electron chi connectivity index (χ3n) is 5.02. The first kappa shape index (κ1) is 24.7. The summed E-state index contributed by atoms with van der Waals surface area (Å²) in [6.07, 6.45) is 0.538. The van der Waals surface area contributed by atoms with Crippen LogP contribution in [0.2, 0.25) is 0 Å². The number of hydrogen-bond acceptors (Lipinski definition) is 5. The average Bonchev–Trinajstić information content (AvgIpc) is 2.69. The molecule has 2 N–H and O–H groups in total. The van der Waals surface area contributed by atoms with Gasteiger partial charge < -0.3 is 20.3 Å². The van der Waals surface area contributed by atoms with Crippen LogP contribution in [0, 0.1) is 0 Å². The quantitative estimate of drug-likeness (QED) is 0.728. The smallest absolute Gasteiger partial charge is 0.239 e. The maximum atomic E-state index is 12.6. The number of hydrogen-bond donors (Lipinski definition) is 1. The van der Waals surface area contributed by atoms with Gasteiger partial charge in [0, 0.05) is 39.3 Å². The van der Waals surface area contributed by atoms with E-state index < -0.39 is 6.04 Å². The molecule has 2 aliphatic rings. The van der Waals surface area contributed by atoms with Crippen LogP contribution in [0.25, 0.3) is 0 Å². The third-order valence-corrected chi connectivity index (χ3v) is 5.02. The van der Waals surface area contributed by atoms with E-state index in [0.717, 1.165) is 18.7 Å². The van der Waals surface area contributed by atoms with Gasteiger partial charge in [0.1, 0.15) is 0 Å². The van der Waals surface area contributed by atoms with Crippen LogP contribution in [0.1, 0.15) is 5.56 Å². The molecule has 2 aliphatic heterocycles. The van der Waals surface area contributed by atoms with Crippen LogP contribution in [0.5, 0.6) is 0 Å². The highest BCUT2D eigenvalue weighted by Gasteiger charge is 2.28. The first-order chi connectivity index (χ1) is 12.6. The molecule has 0 saturated carbocycles. The highest BCUT2D eigenvalue weighted by Crippen LogP contribution is 2.09. The molecule has 2 amide bonds. The van der Waals surface area contributed by atoms with Crippen molar-refractivity contribution >= 4 is 36.6 Å². The summed E-state index contributed by atoms with van der Waals surface area (Å²) < 4.78 is 5.31. The number of piperazine rings is 1. The maximum absolute atomic E-state index is 12.6. The molecule has 7 nitrogen and oxygen atoms in total. The Hall–Kier alpha value is -1.38. The van der Waals surface area contributed by atoms with E-state index in [1.54, 1.807) is 4.90 Å². The van der Waals surface area contributed by atoms with Gasteiger partial charge in [-0.15, -0.1) is 24.8 Å². The van der Waals surface area contributed by atoms with Gasteiger partial charge in [-0.05, 0) is 12.0 Å². The SMILES string of the molecule is Cl.Cl.NC(Cc1ccccc1)C(=O)N1CCN(C(=O)CN2CCOCC2)CC1. The Morgan fingerprint density at radius 3 is 2.11 bits per heavy atom. The van der Waals surface area contributed by atoms with E-state index in [2.05, 4.69) is 4.90 Å². The van der Waals surface area contributed by atoms with Crippen molar-refractivity contribution in [3.05, 3.63) is 35.9 Å². The number of amides is 2. The zero-order chi connectivity index (χ0) is 18.4. The fraction of sp³-hybridized carbons (Fsp3) is 0.579. The fourth-order valence-corrected chi connectivity index (χ4v) is 3.42. The van der Waals surface area contributed by atoms with Crippen molar-refractivity contribution in [3.63, 3.8) is 0 Å². The van der Waals surface area contributed by atoms with Gasteiger partial charge in [0.05, 0.1) is 25.8 Å². The lowest BCUT2D eigenvalue weighted by Crippen LogP contribution is -2.56. The summed E-state index contributed by atoms with van der Waals surface area (Å²) in [5.41, 5.74) is 7.17. The zero-order valence-corrected chi connectivity index (χ0v) is 17.6. The van der Waals surface area contributed by atoms with Gasteiger partial charge in [-0.25, -0.2) is 0 Å². The molecule has 158 valence electrons. The van der Waals surface area contributed by atoms with Gasteiger partial charge in [-0.1, -0.05) is 30.3 Å². The summed E-state index contributed by atoms with van der Waals surface area (Å²) in [7, 11) is 0. The van der Waals surface area contributed by atoms with Crippen molar-refractivity contribution in [3.8, 4) is 0 Å². The van der Waals surface area contributed by atoms with Crippen molar-refractivity contribution in [2.24, 2.45) is 5.73 Å². The first-order valence-electron chi connectivity index (χ1n) is 9.29. The van der Waals surface area contributed by atoms with E-state index in [-0.39, 0.29) is 36.6 Å². The van der Waals surface area contributed by atoms with Crippen LogP contribution in [-0.2, 0) is 20.7 Å². The highest BCUT2D eigenvalue weighted by molar-refractivity contribution is 5.85. The number of nitrogens with two attached hydrogens (primary N) is 1. The van der Waals surface area contributed by atoms with E-state index in [4.69, 9.17) is 10.5 Å². The number of nitrogens with zero attached hydrogens (tertiary/aromatic N) is 3. The van der Waals surface area contributed by atoms with E-state index >= 15 is 0 Å². The second kappa shape index (κ2) is 12.2. The van der Waals surface area contributed by atoms with Crippen molar-refractivity contribution in [1.29, 1.82) is 0 Å². The fourth-order valence-electron chi connectivity index (χ4n) is 3.42. The summed E-state index contributed by atoms with van der Waals surface area (Å²) in [6.45, 7) is 5.68. The van der Waals surface area contributed by atoms with Crippen molar-refractivity contribution in [2.75, 3.05) is 59.0 Å². The van der Waals surface area contributed by atoms with Gasteiger partial charge in [-0.3, -0.25) is 14.5 Å². The number of rotatable bonds is 5. The van der Waals surface area contributed by atoms with Gasteiger partial charge in [0.25, 0.3) is 0 Å². The number of halogens is 2. The van der Waals surface area contributed by atoms with E-state index in [1.807, 2.05) is 35.2 Å². The molecule has 28 heavy (non-hydrogen) atoms. The molecule has 1 atom stereocenters.